The highest BCUT2D eigenvalue weighted by Crippen LogP contribution is 2.15. The molecule has 0 bridgehead atoms. The van der Waals surface area contributed by atoms with Gasteiger partial charge < -0.3 is 4.74 Å². The fraction of sp³-hybridized carbons (Fsp3) is 0.500. The minimum atomic E-state index is -0.494. The van der Waals surface area contributed by atoms with Gasteiger partial charge in [0.05, 0.1) is 10.5 Å². The van der Waals surface area contributed by atoms with E-state index in [2.05, 4.69) is 0 Å². The summed E-state index contributed by atoms with van der Waals surface area (Å²) in [6.45, 7) is 4.09. The van der Waals surface area contributed by atoms with Crippen LogP contribution in [0.1, 0.15) is 49.9 Å². The van der Waals surface area contributed by atoms with Crippen LogP contribution in [0.3, 0.4) is 0 Å². The molecule has 19 heavy (non-hydrogen) atoms. The summed E-state index contributed by atoms with van der Waals surface area (Å²) in [6, 6.07) is 5.47. The minimum absolute atomic E-state index is 0.0322. The van der Waals surface area contributed by atoms with Gasteiger partial charge in [-0.2, -0.15) is 0 Å². The second-order valence-electron chi connectivity index (χ2n) is 4.41. The van der Waals surface area contributed by atoms with E-state index in [4.69, 9.17) is 4.74 Å². The Balaban J connectivity index is 2.68. The number of nitro groups is 1. The molecule has 0 amide bonds. The molecule has 0 N–H and O–H groups in total. The van der Waals surface area contributed by atoms with E-state index in [1.165, 1.54) is 24.3 Å². The van der Waals surface area contributed by atoms with E-state index in [1.807, 2.05) is 13.8 Å². The molecule has 5 heteroatoms. The average molecular weight is 265 g/mol. The van der Waals surface area contributed by atoms with Gasteiger partial charge in [0, 0.05) is 12.1 Å². The highest BCUT2D eigenvalue weighted by atomic mass is 16.6. The molecule has 0 radical (unpaired) electrons. The number of esters is 1. The monoisotopic (exact) mass is 265 g/mol. The zero-order chi connectivity index (χ0) is 14.3. The quantitative estimate of drug-likeness (QED) is 0.428. The number of nitrogens with zero attached hydrogens (tertiary/aromatic N) is 1. The Labute approximate surface area is 112 Å². The normalized spacial score (nSPS) is 10.5. The molecule has 1 aromatic carbocycles. The van der Waals surface area contributed by atoms with Crippen LogP contribution in [0.5, 0.6) is 0 Å². The van der Waals surface area contributed by atoms with Gasteiger partial charge >= 0.3 is 5.97 Å². The maximum atomic E-state index is 11.9. The third kappa shape index (κ3) is 4.69. The van der Waals surface area contributed by atoms with Crippen LogP contribution in [-0.4, -0.2) is 17.0 Å². The van der Waals surface area contributed by atoms with Crippen molar-refractivity contribution in [3.63, 3.8) is 0 Å². The number of hydrogen-bond acceptors (Lipinski definition) is 4. The van der Waals surface area contributed by atoms with Crippen molar-refractivity contribution >= 4 is 11.7 Å². The van der Waals surface area contributed by atoms with Crippen molar-refractivity contribution < 1.29 is 14.5 Å². The second-order valence-corrected chi connectivity index (χ2v) is 4.41. The first kappa shape index (κ1) is 15.1. The Morgan fingerprint density at radius 2 is 1.74 bits per heavy atom. The van der Waals surface area contributed by atoms with Crippen molar-refractivity contribution in [1.29, 1.82) is 0 Å². The topological polar surface area (TPSA) is 69.4 Å². The van der Waals surface area contributed by atoms with Crippen LogP contribution in [0, 0.1) is 10.1 Å². The number of rotatable bonds is 7. The Morgan fingerprint density at radius 1 is 1.21 bits per heavy atom. The number of hydrogen-bond donors (Lipinski definition) is 0. The van der Waals surface area contributed by atoms with E-state index in [9.17, 15) is 14.9 Å². The van der Waals surface area contributed by atoms with Crippen molar-refractivity contribution in [3.8, 4) is 0 Å². The highest BCUT2D eigenvalue weighted by molar-refractivity contribution is 5.89. The number of carbonyl (C=O) groups excluding carboxylic acids is 1. The Bertz CT molecular complexity index is 422. The third-order valence-electron chi connectivity index (χ3n) is 2.81. The Hall–Kier alpha value is -1.91. The van der Waals surface area contributed by atoms with E-state index >= 15 is 0 Å². The van der Waals surface area contributed by atoms with Gasteiger partial charge in [-0.3, -0.25) is 10.1 Å². The molecule has 0 spiro atoms. The number of benzene rings is 1. The predicted octanol–water partition coefficient (Wildman–Crippen LogP) is 3.72. The summed E-state index contributed by atoms with van der Waals surface area (Å²) >= 11 is 0. The Morgan fingerprint density at radius 3 is 2.16 bits per heavy atom. The number of ether oxygens (including phenoxy) is 1. The fourth-order valence-electron chi connectivity index (χ4n) is 1.84. The van der Waals surface area contributed by atoms with Crippen molar-refractivity contribution in [1.82, 2.24) is 0 Å². The smallest absolute Gasteiger partial charge is 0.338 e. The first-order chi connectivity index (χ1) is 9.08. The van der Waals surface area contributed by atoms with Gasteiger partial charge in [0.15, 0.2) is 0 Å². The van der Waals surface area contributed by atoms with Gasteiger partial charge in [-0.05, 0) is 25.0 Å². The summed E-state index contributed by atoms with van der Waals surface area (Å²) in [5.74, 6) is -0.415. The molecule has 0 saturated heterocycles. The summed E-state index contributed by atoms with van der Waals surface area (Å²) in [6.07, 6.45) is 3.52. The first-order valence-corrected chi connectivity index (χ1v) is 6.53. The standard InChI is InChI=1S/C14H19NO4/c1-3-5-13(6-4-2)19-14(16)11-7-9-12(10-8-11)15(17)18/h7-10,13H,3-6H2,1-2H3. The van der Waals surface area contributed by atoms with Gasteiger partial charge in [0.25, 0.3) is 5.69 Å². The van der Waals surface area contributed by atoms with E-state index in [-0.39, 0.29) is 11.8 Å². The lowest BCUT2D eigenvalue weighted by Crippen LogP contribution is -2.18. The molecule has 0 aromatic heterocycles. The fourth-order valence-corrected chi connectivity index (χ4v) is 1.84. The predicted molar refractivity (Wildman–Crippen MR) is 72.1 cm³/mol. The lowest BCUT2D eigenvalue weighted by Gasteiger charge is -2.16. The summed E-state index contributed by atoms with van der Waals surface area (Å²) in [4.78, 5) is 21.9. The zero-order valence-electron chi connectivity index (χ0n) is 11.3. The molecule has 0 aliphatic heterocycles. The van der Waals surface area contributed by atoms with Crippen LogP contribution < -0.4 is 0 Å². The summed E-state index contributed by atoms with van der Waals surface area (Å²) < 4.78 is 5.41. The maximum Gasteiger partial charge on any atom is 0.338 e. The molecule has 0 saturated carbocycles. The molecule has 0 atom stereocenters. The number of nitro benzene ring substituents is 1. The molecule has 104 valence electrons. The van der Waals surface area contributed by atoms with E-state index in [0.29, 0.717) is 5.56 Å². The summed E-state index contributed by atoms with van der Waals surface area (Å²) in [5, 5.41) is 10.5. The first-order valence-electron chi connectivity index (χ1n) is 6.53. The molecule has 1 rings (SSSR count). The summed E-state index contributed by atoms with van der Waals surface area (Å²) in [7, 11) is 0. The highest BCUT2D eigenvalue weighted by Gasteiger charge is 2.15. The van der Waals surface area contributed by atoms with Crippen molar-refractivity contribution in [3.05, 3.63) is 39.9 Å². The van der Waals surface area contributed by atoms with Gasteiger partial charge in [-0.15, -0.1) is 0 Å². The van der Waals surface area contributed by atoms with Crippen LogP contribution in [0.15, 0.2) is 24.3 Å². The molecule has 1 aromatic rings. The minimum Gasteiger partial charge on any atom is -0.459 e. The second kappa shape index (κ2) is 7.51. The molecular formula is C14H19NO4. The van der Waals surface area contributed by atoms with Crippen LogP contribution in [0.2, 0.25) is 0 Å². The third-order valence-corrected chi connectivity index (χ3v) is 2.81. The van der Waals surface area contributed by atoms with Crippen molar-refractivity contribution in [2.24, 2.45) is 0 Å². The zero-order valence-corrected chi connectivity index (χ0v) is 11.3. The van der Waals surface area contributed by atoms with Crippen LogP contribution >= 0.6 is 0 Å². The Kier molecular flexibility index (Phi) is 5.99. The van der Waals surface area contributed by atoms with Crippen molar-refractivity contribution in [2.75, 3.05) is 0 Å². The molecule has 0 aliphatic rings. The van der Waals surface area contributed by atoms with E-state index in [0.717, 1.165) is 25.7 Å². The molecule has 5 nitrogen and oxygen atoms in total. The van der Waals surface area contributed by atoms with Crippen LogP contribution in [-0.2, 0) is 4.74 Å². The van der Waals surface area contributed by atoms with Gasteiger partial charge in [0.2, 0.25) is 0 Å². The average Bonchev–Trinajstić information content (AvgIpc) is 2.39. The van der Waals surface area contributed by atoms with Crippen LogP contribution in [0.4, 0.5) is 5.69 Å². The van der Waals surface area contributed by atoms with Gasteiger partial charge in [0.1, 0.15) is 6.10 Å². The van der Waals surface area contributed by atoms with Crippen molar-refractivity contribution in [2.45, 2.75) is 45.6 Å². The molecular weight excluding hydrogens is 246 g/mol. The maximum absolute atomic E-state index is 11.9. The van der Waals surface area contributed by atoms with Gasteiger partial charge in [-0.25, -0.2) is 4.79 Å². The molecule has 0 heterocycles. The molecule has 0 unspecified atom stereocenters. The number of carbonyl (C=O) groups is 1. The molecule has 0 fully saturated rings. The SMILES string of the molecule is CCCC(CCC)OC(=O)c1ccc([N+](=O)[O-])cc1. The summed E-state index contributed by atoms with van der Waals surface area (Å²) in [5.41, 5.74) is 0.318. The van der Waals surface area contributed by atoms with E-state index < -0.39 is 10.9 Å². The van der Waals surface area contributed by atoms with E-state index in [1.54, 1.807) is 0 Å². The number of non-ortho nitro benzene ring substituents is 1. The lowest BCUT2D eigenvalue weighted by molar-refractivity contribution is -0.384. The largest absolute Gasteiger partial charge is 0.459 e. The molecule has 0 aliphatic carbocycles. The van der Waals surface area contributed by atoms with Gasteiger partial charge in [-0.1, -0.05) is 26.7 Å². The van der Waals surface area contributed by atoms with Crippen LogP contribution in [0.25, 0.3) is 0 Å². The lowest BCUT2D eigenvalue weighted by atomic mass is 10.1.